The van der Waals surface area contributed by atoms with Gasteiger partial charge in [-0.3, -0.25) is 0 Å². The summed E-state index contributed by atoms with van der Waals surface area (Å²) < 4.78 is 10.0. The van der Waals surface area contributed by atoms with Gasteiger partial charge in [0.05, 0.1) is 66.9 Å². The minimum absolute atomic E-state index is 0.811. The Morgan fingerprint density at radius 2 is 0.467 bits per heavy atom. The molecule has 18 aromatic rings. The van der Waals surface area contributed by atoms with E-state index < -0.39 is 0 Å². The van der Waals surface area contributed by atoms with Crippen LogP contribution in [0.2, 0.25) is 0 Å². The van der Waals surface area contributed by atoms with Crippen molar-refractivity contribution < 1.29 is 0 Å². The van der Waals surface area contributed by atoms with E-state index >= 15 is 0 Å². The van der Waals surface area contributed by atoms with Gasteiger partial charge in [0.15, 0.2) is 0 Å². The summed E-state index contributed by atoms with van der Waals surface area (Å²) in [6, 6.07) is 118. The van der Waals surface area contributed by atoms with Crippen LogP contribution in [0.1, 0.15) is 0 Å². The maximum absolute atomic E-state index is 2.57. The number of hydrogen-bond acceptors (Lipinski definition) is 2. The van der Waals surface area contributed by atoms with Gasteiger partial charge in [0.2, 0.25) is 0 Å². The molecule has 430 valence electrons. The molecule has 0 radical (unpaired) electrons. The second kappa shape index (κ2) is 19.7. The molecule has 20 rings (SSSR count). The summed E-state index contributed by atoms with van der Waals surface area (Å²) in [6.45, 7) is 1.63. The molecule has 1 aliphatic carbocycles. The number of nitrogens with zero attached hydrogens (tertiary/aromatic N) is 6. The van der Waals surface area contributed by atoms with Gasteiger partial charge in [-0.05, 0) is 155 Å². The third kappa shape index (κ3) is 7.26. The number of benzene rings is 14. The molecular weight excluding hydrogens is 1120 g/mol. The number of anilines is 4. The average molecular weight is 1170 g/mol. The highest BCUT2D eigenvalue weighted by molar-refractivity contribution is 6.17. The number of hydrogen-bond donors (Lipinski definition) is 0. The van der Waals surface area contributed by atoms with Crippen LogP contribution in [0.25, 0.3) is 154 Å². The topological polar surface area (TPSA) is 26.2 Å². The van der Waals surface area contributed by atoms with Gasteiger partial charge < -0.3 is 28.1 Å². The first kappa shape index (κ1) is 50.8. The third-order valence-electron chi connectivity index (χ3n) is 20.0. The Bertz CT molecular complexity index is 5990. The molecule has 0 spiro atoms. The van der Waals surface area contributed by atoms with Crippen molar-refractivity contribution in [2.24, 2.45) is 0 Å². The van der Waals surface area contributed by atoms with E-state index in [9.17, 15) is 0 Å². The molecule has 4 aromatic heterocycles. The first-order chi connectivity index (χ1) is 45.7. The van der Waals surface area contributed by atoms with Crippen molar-refractivity contribution in [3.05, 3.63) is 315 Å². The van der Waals surface area contributed by atoms with Gasteiger partial charge in [-0.25, -0.2) is 0 Å². The molecule has 0 atom stereocenters. The fourth-order valence-corrected chi connectivity index (χ4v) is 16.1. The van der Waals surface area contributed by atoms with Crippen molar-refractivity contribution in [1.29, 1.82) is 0 Å². The lowest BCUT2D eigenvalue weighted by Crippen LogP contribution is -2.36. The molecular formula is C86H56N6. The lowest BCUT2D eigenvalue weighted by molar-refractivity contribution is 0.850. The van der Waals surface area contributed by atoms with Crippen molar-refractivity contribution in [3.63, 3.8) is 0 Å². The normalized spacial score (nSPS) is 12.9. The maximum atomic E-state index is 2.57. The summed E-state index contributed by atoms with van der Waals surface area (Å²) >= 11 is 0. The summed E-state index contributed by atoms with van der Waals surface area (Å²) in [5.74, 6) is 0. The minimum Gasteiger partial charge on any atom is -0.338 e. The summed E-state index contributed by atoms with van der Waals surface area (Å²) in [6.07, 6.45) is 0. The Morgan fingerprint density at radius 1 is 0.174 bits per heavy atom. The van der Waals surface area contributed by atoms with Crippen LogP contribution in [0.4, 0.5) is 22.7 Å². The standard InChI is InChI=1S/C86H56N6/c1-3-23-55(24-4-1)87-49-50-88(56-25-5-2-6-26-56)84-54-70-68-36-22-44-82(92-78-42-20-14-34-66(78)72-52-58(46-48-80(72)92)90-75-39-17-11-31-63(75)64-32-12-18-40-76(64)90)86(68)85-67(59-27-7-8-28-60(59)69(70)53-83(84)87)35-21-43-81(85)91-77-41-19-13-33-65(77)71-51-57(45-47-79(71)91)89-73-37-15-9-29-61(73)62-30-10-16-38-74(62)89/h1-48,51-54H,49-50H2. The summed E-state index contributed by atoms with van der Waals surface area (Å²) in [4.78, 5) is 5.07. The van der Waals surface area contributed by atoms with Gasteiger partial charge in [-0.2, -0.15) is 0 Å². The van der Waals surface area contributed by atoms with Gasteiger partial charge in [-0.15, -0.1) is 0 Å². The molecule has 0 bridgehead atoms. The molecule has 0 N–H and O–H groups in total. The van der Waals surface area contributed by atoms with E-state index in [1.165, 1.54) is 121 Å². The predicted molar refractivity (Wildman–Crippen MR) is 386 cm³/mol. The highest BCUT2D eigenvalue weighted by Crippen LogP contribution is 2.56. The molecule has 1 aliphatic heterocycles. The van der Waals surface area contributed by atoms with Crippen molar-refractivity contribution in [2.75, 3.05) is 22.9 Å². The zero-order valence-electron chi connectivity index (χ0n) is 50.1. The molecule has 0 amide bonds. The summed E-state index contributed by atoms with van der Waals surface area (Å²) in [5, 5.41) is 9.78. The van der Waals surface area contributed by atoms with Crippen LogP contribution in [0.3, 0.4) is 0 Å². The fraction of sp³-hybridized carbons (Fsp3) is 0.0233. The van der Waals surface area contributed by atoms with E-state index in [0.29, 0.717) is 0 Å². The van der Waals surface area contributed by atoms with Crippen LogP contribution in [0, 0.1) is 0 Å². The van der Waals surface area contributed by atoms with E-state index in [1.54, 1.807) is 0 Å². The Morgan fingerprint density at radius 3 is 0.870 bits per heavy atom. The monoisotopic (exact) mass is 1170 g/mol. The molecule has 92 heavy (non-hydrogen) atoms. The smallest absolute Gasteiger partial charge is 0.0659 e. The number of aromatic nitrogens is 4. The van der Waals surface area contributed by atoms with E-state index in [4.69, 9.17) is 0 Å². The molecule has 0 unspecified atom stereocenters. The SMILES string of the molecule is c1ccc(N2CCN(c3ccccc3)c3cc4c(cc32)-c2ccccc2-c2cccc(-n3c5ccccc5c5cc(-n6c7ccccc7c7ccccc76)ccc53)c2-c2c-4cccc2-n2c3ccccc3c3cc(-n4c5ccccc5c5ccccc54)ccc32)cc1. The van der Waals surface area contributed by atoms with E-state index in [1.807, 2.05) is 0 Å². The Balaban J connectivity index is 0.904. The Labute approximate surface area is 530 Å². The van der Waals surface area contributed by atoms with Crippen LogP contribution in [-0.2, 0) is 0 Å². The van der Waals surface area contributed by atoms with E-state index in [-0.39, 0.29) is 0 Å². The second-order valence-corrected chi connectivity index (χ2v) is 24.7. The van der Waals surface area contributed by atoms with Crippen molar-refractivity contribution in [2.45, 2.75) is 0 Å². The van der Waals surface area contributed by atoms with E-state index in [2.05, 4.69) is 344 Å². The largest absolute Gasteiger partial charge is 0.338 e. The zero-order chi connectivity index (χ0) is 60.1. The zero-order valence-corrected chi connectivity index (χ0v) is 50.1. The fourth-order valence-electron chi connectivity index (χ4n) is 16.1. The van der Waals surface area contributed by atoms with Gasteiger partial charge in [0, 0.05) is 90.1 Å². The molecule has 2 aliphatic rings. The molecule has 14 aromatic carbocycles. The molecule has 0 saturated carbocycles. The second-order valence-electron chi connectivity index (χ2n) is 24.7. The molecule has 6 heteroatoms. The summed E-state index contributed by atoms with van der Waals surface area (Å²) in [5.41, 5.74) is 27.9. The molecule has 6 nitrogen and oxygen atoms in total. The maximum Gasteiger partial charge on any atom is 0.0659 e. The Hall–Kier alpha value is -12.1. The first-order valence-electron chi connectivity index (χ1n) is 31.9. The highest BCUT2D eigenvalue weighted by atomic mass is 15.3. The first-order valence-corrected chi connectivity index (χ1v) is 31.9. The van der Waals surface area contributed by atoms with Crippen LogP contribution < -0.4 is 9.80 Å². The van der Waals surface area contributed by atoms with Crippen LogP contribution >= 0.6 is 0 Å². The van der Waals surface area contributed by atoms with Gasteiger partial charge in [0.1, 0.15) is 0 Å². The molecule has 0 saturated heterocycles. The summed E-state index contributed by atoms with van der Waals surface area (Å²) in [7, 11) is 0. The van der Waals surface area contributed by atoms with Crippen molar-refractivity contribution in [1.82, 2.24) is 18.3 Å². The van der Waals surface area contributed by atoms with Gasteiger partial charge >= 0.3 is 0 Å². The average Bonchev–Trinajstić information content (AvgIpc) is 1.19. The van der Waals surface area contributed by atoms with Gasteiger partial charge in [-0.1, -0.05) is 194 Å². The van der Waals surface area contributed by atoms with Crippen LogP contribution in [-0.4, -0.2) is 31.4 Å². The van der Waals surface area contributed by atoms with Crippen LogP contribution in [0.15, 0.2) is 315 Å². The van der Waals surface area contributed by atoms with Crippen molar-refractivity contribution in [3.8, 4) is 67.3 Å². The number of rotatable bonds is 6. The molecule has 0 fully saturated rings. The van der Waals surface area contributed by atoms with Gasteiger partial charge in [0.25, 0.3) is 0 Å². The lowest BCUT2D eigenvalue weighted by Gasteiger charge is -2.40. The lowest BCUT2D eigenvalue weighted by atomic mass is 9.79. The number of para-hydroxylation sites is 8. The predicted octanol–water partition coefficient (Wildman–Crippen LogP) is 22.3. The highest BCUT2D eigenvalue weighted by Gasteiger charge is 2.34. The minimum atomic E-state index is 0.811. The number of fused-ring (bicyclic) bond motifs is 21. The quantitative estimate of drug-likeness (QED) is 0.166. The Kier molecular flexibility index (Phi) is 10.9. The van der Waals surface area contributed by atoms with Crippen LogP contribution in [0.5, 0.6) is 0 Å². The van der Waals surface area contributed by atoms with Crippen molar-refractivity contribution >= 4 is 110 Å². The molecule has 5 heterocycles. The van der Waals surface area contributed by atoms with E-state index in [0.717, 1.165) is 69.0 Å². The third-order valence-corrected chi connectivity index (χ3v) is 20.0.